The lowest BCUT2D eigenvalue weighted by molar-refractivity contribution is 0.0633. The second kappa shape index (κ2) is 5.92. The van der Waals surface area contributed by atoms with E-state index in [1.807, 2.05) is 0 Å². The van der Waals surface area contributed by atoms with Crippen molar-refractivity contribution >= 4 is 277 Å². The molecule has 1 aliphatic heterocycles. The van der Waals surface area contributed by atoms with Gasteiger partial charge in [-0.05, 0) is 309 Å². The Kier molecular flexibility index (Phi) is 2.28. The zero-order chi connectivity index (χ0) is 41.4. The summed E-state index contributed by atoms with van der Waals surface area (Å²) in [5.41, 5.74) is 10.4. The van der Waals surface area contributed by atoms with Gasteiger partial charge in [0.15, 0.2) is 0 Å². The van der Waals surface area contributed by atoms with Gasteiger partial charge in [0.2, 0.25) is 0 Å². The first-order valence-electron chi connectivity index (χ1n) is 26.4. The Morgan fingerprint density at radius 1 is 0.290 bits per heavy atom. The average Bonchev–Trinajstić information content (AvgIpc) is 4.28. The zero-order valence-electron chi connectivity index (χ0n) is 36.6. The molecule has 1 saturated heterocycles. The van der Waals surface area contributed by atoms with Gasteiger partial charge in [-0.1, -0.05) is 19.6 Å². The van der Waals surface area contributed by atoms with E-state index >= 15 is 0 Å². The van der Waals surface area contributed by atoms with E-state index in [9.17, 15) is 0 Å². The van der Waals surface area contributed by atoms with Crippen LogP contribution in [0.2, 0.25) is 25.7 Å². The molecule has 0 radical (unpaired) electrons. The Balaban J connectivity index is 1.11. The van der Waals surface area contributed by atoms with Crippen LogP contribution in [0, 0.1) is 0 Å². The highest BCUT2D eigenvalue weighted by molar-refractivity contribution is 6.81. The molecule has 6 aliphatic carbocycles. The van der Waals surface area contributed by atoms with Gasteiger partial charge in [-0.15, -0.1) is 0 Å². The van der Waals surface area contributed by atoms with Gasteiger partial charge in [-0.2, -0.15) is 0 Å². The summed E-state index contributed by atoms with van der Waals surface area (Å²) in [5.74, 6) is 0.641. The molecule has 26 aromatic rings. The first-order chi connectivity index (χ1) is 34.1. The van der Waals surface area contributed by atoms with Crippen molar-refractivity contribution in [3.05, 3.63) is 33.4 Å². The SMILES string of the molecule is C[Si](C)(C)CCOCN1C23c4c5c6c7c8c9c%10c%11c(c%12c%13c%14c(c%15c4c4c%16c5c5c7c7c8c8c%10c%10c%17c%11c%13c%11c%13c%14c%14c%15c4c4c%15c%16c5c5c7c7c8c%10c8c(c%11%17)c%10c%13c%14c4c4c%15c5c7c8c%104)C%122)C9C613. The number of benzene rings is 17. The minimum atomic E-state index is -1.31. The molecule has 2 spiro atoms. The van der Waals surface area contributed by atoms with E-state index in [2.05, 4.69) is 24.5 Å². The molecule has 1 heterocycles. The van der Waals surface area contributed by atoms with Crippen molar-refractivity contribution in [1.82, 2.24) is 4.90 Å². The molecular formula is C66H17NOSi. The van der Waals surface area contributed by atoms with Crippen LogP contribution in [0.5, 0.6) is 0 Å². The van der Waals surface area contributed by atoms with Gasteiger partial charge in [0, 0.05) is 26.5 Å². The fourth-order valence-electron chi connectivity index (χ4n) is 25.6. The van der Waals surface area contributed by atoms with Crippen molar-refractivity contribution in [2.24, 2.45) is 0 Å². The molecule has 296 valence electrons. The molecule has 33 rings (SSSR count). The van der Waals surface area contributed by atoms with Gasteiger partial charge in [0.1, 0.15) is 6.73 Å². The number of hydrogen-bond donors (Lipinski definition) is 0. The Bertz CT molecular complexity index is 6760. The Hall–Kier alpha value is -7.14. The predicted molar refractivity (Wildman–Crippen MR) is 292 cm³/mol. The lowest BCUT2D eigenvalue weighted by Crippen LogP contribution is -2.37. The van der Waals surface area contributed by atoms with Crippen molar-refractivity contribution in [2.75, 3.05) is 13.3 Å². The second-order valence-corrected chi connectivity index (χ2v) is 33.0. The van der Waals surface area contributed by atoms with E-state index in [-0.39, 0.29) is 11.1 Å². The van der Waals surface area contributed by atoms with Crippen LogP contribution in [-0.4, -0.2) is 26.3 Å². The van der Waals surface area contributed by atoms with Gasteiger partial charge < -0.3 is 4.74 Å². The van der Waals surface area contributed by atoms with Crippen LogP contribution in [0.1, 0.15) is 45.2 Å². The first-order valence-corrected chi connectivity index (χ1v) is 30.1. The lowest BCUT2D eigenvalue weighted by Gasteiger charge is -2.40. The number of rotatable bonds is 5. The van der Waals surface area contributed by atoms with Crippen molar-refractivity contribution in [2.45, 2.75) is 48.6 Å². The van der Waals surface area contributed by atoms with Crippen molar-refractivity contribution in [3.8, 4) is 0 Å². The van der Waals surface area contributed by atoms with Crippen LogP contribution >= 0.6 is 0 Å². The third-order valence-corrected chi connectivity index (χ3v) is 27.5. The number of hydrogen-bond acceptors (Lipinski definition) is 2. The molecule has 0 saturated carbocycles. The number of ether oxygens (including phenoxy) is 1. The molecule has 7 aliphatic rings. The van der Waals surface area contributed by atoms with Gasteiger partial charge in [0.05, 0.1) is 11.1 Å². The number of nitrogens with zero attached hydrogens (tertiary/aromatic N) is 1. The Labute approximate surface area is 380 Å². The van der Waals surface area contributed by atoms with E-state index in [4.69, 9.17) is 4.74 Å². The lowest BCUT2D eigenvalue weighted by atomic mass is 9.58. The highest BCUT2D eigenvalue weighted by Crippen LogP contribution is 2.93. The normalized spacial score (nSPS) is 26.4. The van der Waals surface area contributed by atoms with Gasteiger partial charge >= 0.3 is 0 Å². The highest BCUT2D eigenvalue weighted by atomic mass is 28.3. The van der Waals surface area contributed by atoms with Crippen LogP contribution in [-0.2, 0) is 15.8 Å². The molecule has 4 unspecified atom stereocenters. The molecule has 0 bridgehead atoms. The molecule has 3 heteroatoms. The molecular weight excluding hydrogens is 851 g/mol. The predicted octanol–water partition coefficient (Wildman–Crippen LogP) is 17.4. The molecule has 0 aromatic heterocycles. The van der Waals surface area contributed by atoms with Gasteiger partial charge in [-0.25, -0.2) is 0 Å². The fraction of sp³-hybridized carbons (Fsp3) is 0.152. The third kappa shape index (κ3) is 1.43. The zero-order valence-corrected chi connectivity index (χ0v) is 37.6. The smallest absolute Gasteiger partial charge is 0.101 e. The van der Waals surface area contributed by atoms with Gasteiger partial charge in [-0.3, -0.25) is 4.90 Å². The van der Waals surface area contributed by atoms with E-state index in [1.165, 1.54) is 6.04 Å². The summed E-state index contributed by atoms with van der Waals surface area (Å²) in [6, 6.07) is 1.22. The summed E-state index contributed by atoms with van der Waals surface area (Å²) < 4.78 is 7.35. The summed E-state index contributed by atoms with van der Waals surface area (Å²) in [6.07, 6.45) is 0. The highest BCUT2D eigenvalue weighted by Gasteiger charge is 2.90. The largest absolute Gasteiger partial charge is 0.366 e. The maximum Gasteiger partial charge on any atom is 0.101 e. The van der Waals surface area contributed by atoms with Crippen molar-refractivity contribution < 1.29 is 4.74 Å². The van der Waals surface area contributed by atoms with Crippen LogP contribution < -0.4 is 0 Å². The first kappa shape index (κ1) is 26.6. The van der Waals surface area contributed by atoms with Crippen LogP contribution in [0.15, 0.2) is 0 Å². The van der Waals surface area contributed by atoms with Crippen LogP contribution in [0.3, 0.4) is 0 Å². The maximum atomic E-state index is 7.35. The molecule has 0 N–H and O–H groups in total. The Morgan fingerprint density at radius 3 is 0.783 bits per heavy atom. The summed E-state index contributed by atoms with van der Waals surface area (Å²) in [7, 11) is -1.31. The van der Waals surface area contributed by atoms with E-state index in [1.54, 1.807) is 303 Å². The fourth-order valence-corrected chi connectivity index (χ4v) is 26.3. The molecule has 0 amide bonds. The quantitative estimate of drug-likeness (QED) is 0.0739. The van der Waals surface area contributed by atoms with E-state index in [0.29, 0.717) is 11.8 Å². The van der Waals surface area contributed by atoms with Crippen LogP contribution in [0.4, 0.5) is 0 Å². The average molecular weight is 868 g/mol. The minimum Gasteiger partial charge on any atom is -0.366 e. The van der Waals surface area contributed by atoms with Gasteiger partial charge in [0.25, 0.3) is 0 Å². The molecule has 26 aromatic carbocycles. The molecule has 69 heavy (non-hydrogen) atoms. The summed E-state index contributed by atoms with van der Waals surface area (Å²) in [5, 5.41) is 84.5. The van der Waals surface area contributed by atoms with E-state index in [0.717, 1.165) is 13.3 Å². The summed E-state index contributed by atoms with van der Waals surface area (Å²) in [6.45, 7) is 9.22. The molecule has 1 fully saturated rings. The second-order valence-electron chi connectivity index (χ2n) is 27.3. The van der Waals surface area contributed by atoms with Crippen molar-refractivity contribution in [1.29, 1.82) is 0 Å². The maximum absolute atomic E-state index is 7.35. The molecule has 2 nitrogen and oxygen atoms in total. The molecule has 4 atom stereocenters. The van der Waals surface area contributed by atoms with Crippen molar-refractivity contribution in [3.63, 3.8) is 0 Å². The third-order valence-electron chi connectivity index (χ3n) is 25.8. The summed E-state index contributed by atoms with van der Waals surface area (Å²) >= 11 is 0. The van der Waals surface area contributed by atoms with E-state index < -0.39 is 8.07 Å². The summed E-state index contributed by atoms with van der Waals surface area (Å²) in [4.78, 5) is 3.15. The minimum absolute atomic E-state index is 0.160. The van der Waals surface area contributed by atoms with Crippen LogP contribution in [0.25, 0.3) is 269 Å². The standard InChI is InChI=1S/C66H17NOSi/c1-69(2,3)5-4-68-6-67-65-61-54-47-35-27-18-9-7-8-10-13(9)22-29(27)37-38-30(22)28-19(10)21-17-12(8)15-14-11(7)16-20(18)33(35)41-39-25(16)23(14)31-32-24(15)26(17)40-42-34(21)36(28)48-50(38)59(58(61)49(37)47)62-55(48)53(42)57-46(40)44(32)51-43(31)45(39)56(52(41)54)63(65)60(51)64(57)66(62,65)67/h61-62H,4-6H2,1-3H3. The topological polar surface area (TPSA) is 12.2 Å². The monoisotopic (exact) mass is 867 g/mol. The Morgan fingerprint density at radius 2 is 0.507 bits per heavy atom.